The van der Waals surface area contributed by atoms with Crippen molar-refractivity contribution in [2.24, 2.45) is 0 Å². The summed E-state index contributed by atoms with van der Waals surface area (Å²) in [5.74, 6) is 5.19. The molecule has 0 unspecified atom stereocenters. The second-order valence-corrected chi connectivity index (χ2v) is 1.13. The molecule has 1 rings (SSSR count). The van der Waals surface area contributed by atoms with Crippen molar-refractivity contribution in [3.8, 4) is 0 Å². The quantitative estimate of drug-likeness (QED) is 0.339. The normalized spacial score (nSPS) is 7.43. The third kappa shape index (κ3) is 1.72. The van der Waals surface area contributed by atoms with Crippen LogP contribution in [0.2, 0.25) is 0 Å². The van der Waals surface area contributed by atoms with Gasteiger partial charge in [-0.25, -0.2) is 0 Å². The second-order valence-electron chi connectivity index (χ2n) is 1.13. The summed E-state index contributed by atoms with van der Waals surface area (Å²) in [6.07, 6.45) is 3.56. The van der Waals surface area contributed by atoms with E-state index < -0.39 is 0 Å². The first kappa shape index (κ1) is 6.68. The molecule has 0 atom stereocenters. The summed E-state index contributed by atoms with van der Waals surface area (Å²) >= 11 is 0. The van der Waals surface area contributed by atoms with Crippen molar-refractivity contribution in [2.45, 2.75) is 0 Å². The molecule has 2 N–H and O–H groups in total. The average Bonchev–Trinajstić information content (AvgIpc) is 1.86. The Morgan fingerprint density at radius 2 is 1.57 bits per heavy atom. The first-order valence-electron chi connectivity index (χ1n) is 1.77. The van der Waals surface area contributed by atoms with E-state index in [1.54, 1.807) is 12.4 Å². The molecule has 3 heteroatoms. The van der Waals surface area contributed by atoms with E-state index in [1.165, 1.54) is 4.68 Å². The van der Waals surface area contributed by atoms with E-state index in [1.807, 2.05) is 12.1 Å². The van der Waals surface area contributed by atoms with Crippen LogP contribution < -0.4 is 5.84 Å². The van der Waals surface area contributed by atoms with Gasteiger partial charge >= 0.3 is 18.9 Å². The van der Waals surface area contributed by atoms with E-state index in [0.717, 1.165) is 0 Å². The fourth-order valence-corrected chi connectivity index (χ4v) is 0.348. The molecule has 34 valence electrons. The zero-order valence-electron chi connectivity index (χ0n) is 3.33. The van der Waals surface area contributed by atoms with Gasteiger partial charge in [0.25, 0.3) is 0 Å². The molecule has 0 aliphatic rings. The van der Waals surface area contributed by atoms with Gasteiger partial charge in [0.2, 0.25) is 0 Å². The van der Waals surface area contributed by atoms with Gasteiger partial charge in [0.05, 0.1) is 0 Å². The maximum absolute atomic E-state index is 5.19. The van der Waals surface area contributed by atoms with Gasteiger partial charge in [-0.15, -0.1) is 0 Å². The van der Waals surface area contributed by atoms with Crippen molar-refractivity contribution in [1.82, 2.24) is 4.68 Å². The third-order valence-corrected chi connectivity index (χ3v) is 0.628. The predicted molar refractivity (Wildman–Crippen MR) is 31.7 cm³/mol. The molecule has 0 aromatic carbocycles. The van der Waals surface area contributed by atoms with Gasteiger partial charge in [-0.05, 0) is 12.1 Å². The Bertz CT molecular complexity index is 113. The molecule has 0 saturated heterocycles. The van der Waals surface area contributed by atoms with Crippen molar-refractivity contribution in [1.29, 1.82) is 0 Å². The summed E-state index contributed by atoms with van der Waals surface area (Å²) in [5.41, 5.74) is 0. The molecule has 0 spiro atoms. The standard InChI is InChI=1S/C4H6N2.Li.H/c5-6-3-1-2-4-6;;/h1-4H,5H2;;. The van der Waals surface area contributed by atoms with Gasteiger partial charge in [-0.2, -0.15) is 0 Å². The fraction of sp³-hybridized carbons (Fsp3) is 0. The van der Waals surface area contributed by atoms with Crippen molar-refractivity contribution in [3.05, 3.63) is 24.5 Å². The van der Waals surface area contributed by atoms with E-state index in [2.05, 4.69) is 0 Å². The fourth-order valence-electron chi connectivity index (χ4n) is 0.348. The SMILES string of the molecule is Nn1cccc1.[LiH]. The summed E-state index contributed by atoms with van der Waals surface area (Å²) in [7, 11) is 0. The maximum atomic E-state index is 5.19. The Labute approximate surface area is 54.5 Å². The van der Waals surface area contributed by atoms with Crippen LogP contribution in [0.25, 0.3) is 0 Å². The number of aromatic nitrogens is 1. The van der Waals surface area contributed by atoms with Crippen molar-refractivity contribution >= 4 is 18.9 Å². The average molecular weight is 90.1 g/mol. The van der Waals surface area contributed by atoms with Crippen LogP contribution in [0.1, 0.15) is 0 Å². The van der Waals surface area contributed by atoms with Gasteiger partial charge < -0.3 is 5.84 Å². The van der Waals surface area contributed by atoms with Gasteiger partial charge in [0.15, 0.2) is 0 Å². The Morgan fingerprint density at radius 1 is 1.14 bits per heavy atom. The van der Waals surface area contributed by atoms with E-state index in [9.17, 15) is 0 Å². The van der Waals surface area contributed by atoms with Crippen LogP contribution in [-0.2, 0) is 0 Å². The Balaban J connectivity index is 0.000000360. The Hall–Kier alpha value is -0.323. The van der Waals surface area contributed by atoms with Gasteiger partial charge in [-0.3, -0.25) is 4.68 Å². The number of nitrogens with zero attached hydrogens (tertiary/aromatic N) is 1. The van der Waals surface area contributed by atoms with E-state index in [0.29, 0.717) is 0 Å². The van der Waals surface area contributed by atoms with Gasteiger partial charge in [-0.1, -0.05) is 0 Å². The minimum atomic E-state index is 0. The molecule has 1 heterocycles. The van der Waals surface area contributed by atoms with Crippen LogP contribution >= 0.6 is 0 Å². The van der Waals surface area contributed by atoms with E-state index in [-0.39, 0.29) is 18.9 Å². The molecule has 1 aromatic heterocycles. The molecule has 7 heavy (non-hydrogen) atoms. The first-order valence-corrected chi connectivity index (χ1v) is 1.77. The second kappa shape index (κ2) is 2.79. The van der Waals surface area contributed by atoms with Crippen molar-refractivity contribution < 1.29 is 0 Å². The topological polar surface area (TPSA) is 30.9 Å². The molecule has 0 amide bonds. The van der Waals surface area contributed by atoms with Crippen molar-refractivity contribution in [3.63, 3.8) is 0 Å². The number of hydrogen-bond acceptors (Lipinski definition) is 1. The predicted octanol–water partition coefficient (Wildman–Crippen LogP) is -0.447. The van der Waals surface area contributed by atoms with Crippen LogP contribution in [-0.4, -0.2) is 23.5 Å². The molecule has 0 fully saturated rings. The van der Waals surface area contributed by atoms with E-state index in [4.69, 9.17) is 5.84 Å². The molecule has 2 nitrogen and oxygen atoms in total. The van der Waals surface area contributed by atoms with Crippen LogP contribution in [0.5, 0.6) is 0 Å². The molecule has 0 saturated carbocycles. The Kier molecular flexibility index (Phi) is 2.66. The number of nitrogen functional groups attached to an aromatic ring is 1. The summed E-state index contributed by atoms with van der Waals surface area (Å²) in [5, 5.41) is 0. The number of hydrogen-bond donors (Lipinski definition) is 1. The third-order valence-electron chi connectivity index (χ3n) is 0.628. The van der Waals surface area contributed by atoms with Gasteiger partial charge in [0.1, 0.15) is 0 Å². The molecular weight excluding hydrogens is 83.0 g/mol. The van der Waals surface area contributed by atoms with Crippen molar-refractivity contribution in [2.75, 3.05) is 5.84 Å². The first-order chi connectivity index (χ1) is 2.89. The molecule has 0 radical (unpaired) electrons. The van der Waals surface area contributed by atoms with Crippen LogP contribution in [0, 0.1) is 0 Å². The van der Waals surface area contributed by atoms with Crippen LogP contribution in [0.15, 0.2) is 24.5 Å². The van der Waals surface area contributed by atoms with Crippen LogP contribution in [0.3, 0.4) is 0 Å². The number of rotatable bonds is 0. The molecule has 0 aliphatic carbocycles. The monoisotopic (exact) mass is 90.1 g/mol. The zero-order valence-corrected chi connectivity index (χ0v) is 3.33. The van der Waals surface area contributed by atoms with Crippen LogP contribution in [0.4, 0.5) is 0 Å². The zero-order chi connectivity index (χ0) is 4.41. The molecule has 1 aromatic rings. The van der Waals surface area contributed by atoms with E-state index >= 15 is 0 Å². The molecule has 0 bridgehead atoms. The summed E-state index contributed by atoms with van der Waals surface area (Å²) in [6, 6.07) is 3.75. The number of nitrogens with two attached hydrogens (primary N) is 1. The van der Waals surface area contributed by atoms with Gasteiger partial charge in [0, 0.05) is 12.4 Å². The minimum absolute atomic E-state index is 0. The summed E-state index contributed by atoms with van der Waals surface area (Å²) in [6.45, 7) is 0. The Morgan fingerprint density at radius 3 is 1.71 bits per heavy atom. The summed E-state index contributed by atoms with van der Waals surface area (Å²) < 4.78 is 1.50. The molecule has 0 aliphatic heterocycles. The molecular formula is C4H7LiN2. The summed E-state index contributed by atoms with van der Waals surface area (Å²) in [4.78, 5) is 0.